The third-order valence-electron chi connectivity index (χ3n) is 4.30. The SMILES string of the molecule is O=C(N[C@@H]1CCN(c2cc(-c3cccs3)[nH]n2)C1)c1ccc(Cl)cc1. The van der Waals surface area contributed by atoms with Crippen LogP contribution in [0.15, 0.2) is 47.8 Å². The molecule has 1 atom stereocenters. The van der Waals surface area contributed by atoms with Crippen LogP contribution in [0.3, 0.4) is 0 Å². The highest BCUT2D eigenvalue weighted by molar-refractivity contribution is 7.13. The molecule has 0 spiro atoms. The number of amides is 1. The Labute approximate surface area is 154 Å². The Morgan fingerprint density at radius 3 is 2.92 bits per heavy atom. The Morgan fingerprint density at radius 1 is 1.32 bits per heavy atom. The summed E-state index contributed by atoms with van der Waals surface area (Å²) in [5.74, 6) is 0.858. The average Bonchev–Trinajstić information content (AvgIpc) is 3.36. The number of halogens is 1. The summed E-state index contributed by atoms with van der Waals surface area (Å²) in [5, 5.41) is 13.3. The van der Waals surface area contributed by atoms with Crippen LogP contribution in [0, 0.1) is 0 Å². The lowest BCUT2D eigenvalue weighted by Gasteiger charge is -2.16. The number of carbonyl (C=O) groups excluding carboxylic acids is 1. The number of benzene rings is 1. The maximum Gasteiger partial charge on any atom is 0.251 e. The fourth-order valence-electron chi connectivity index (χ4n) is 2.99. The van der Waals surface area contributed by atoms with Crippen LogP contribution in [0.5, 0.6) is 0 Å². The maximum absolute atomic E-state index is 12.3. The molecule has 3 heterocycles. The van der Waals surface area contributed by atoms with Gasteiger partial charge in [-0.25, -0.2) is 0 Å². The standard InChI is InChI=1S/C18H17ClN4OS/c19-13-5-3-12(4-6-13)18(24)20-14-7-8-23(11-14)17-10-15(21-22-17)16-2-1-9-25-16/h1-6,9-10,14H,7-8,11H2,(H,20,24)(H,21,22)/t14-/m1/s1. The van der Waals surface area contributed by atoms with E-state index < -0.39 is 0 Å². The molecule has 5 nitrogen and oxygen atoms in total. The molecule has 4 rings (SSSR count). The average molecular weight is 373 g/mol. The van der Waals surface area contributed by atoms with Gasteiger partial charge in [0.2, 0.25) is 0 Å². The lowest BCUT2D eigenvalue weighted by Crippen LogP contribution is -2.37. The van der Waals surface area contributed by atoms with Gasteiger partial charge in [0.15, 0.2) is 5.82 Å². The molecule has 128 valence electrons. The Kier molecular flexibility index (Phi) is 4.46. The molecule has 2 aromatic heterocycles. The fraction of sp³-hybridized carbons (Fsp3) is 0.222. The first-order valence-electron chi connectivity index (χ1n) is 8.10. The Balaban J connectivity index is 1.38. The number of aromatic nitrogens is 2. The molecular formula is C18H17ClN4OS. The molecule has 0 radical (unpaired) electrons. The van der Waals surface area contributed by atoms with Gasteiger partial charge >= 0.3 is 0 Å². The molecule has 1 amide bonds. The minimum atomic E-state index is -0.0650. The zero-order chi connectivity index (χ0) is 17.2. The van der Waals surface area contributed by atoms with Crippen molar-refractivity contribution in [2.24, 2.45) is 0 Å². The molecule has 0 bridgehead atoms. The zero-order valence-electron chi connectivity index (χ0n) is 13.4. The molecule has 0 aliphatic carbocycles. The third kappa shape index (κ3) is 3.55. The summed E-state index contributed by atoms with van der Waals surface area (Å²) in [4.78, 5) is 15.7. The number of nitrogens with zero attached hydrogens (tertiary/aromatic N) is 2. The van der Waals surface area contributed by atoms with E-state index in [1.807, 2.05) is 11.4 Å². The van der Waals surface area contributed by atoms with Gasteiger partial charge in [0, 0.05) is 35.8 Å². The quantitative estimate of drug-likeness (QED) is 0.732. The van der Waals surface area contributed by atoms with Crippen LogP contribution in [-0.2, 0) is 0 Å². The van der Waals surface area contributed by atoms with Crippen LogP contribution >= 0.6 is 22.9 Å². The predicted octanol–water partition coefficient (Wildman–Crippen LogP) is 3.80. The normalized spacial score (nSPS) is 17.0. The maximum atomic E-state index is 12.3. The Morgan fingerprint density at radius 2 is 2.16 bits per heavy atom. The molecule has 1 fully saturated rings. The number of H-pyrrole nitrogens is 1. The highest BCUT2D eigenvalue weighted by Crippen LogP contribution is 2.27. The summed E-state index contributed by atoms with van der Waals surface area (Å²) in [5.41, 5.74) is 1.65. The Hall–Kier alpha value is -2.31. The second-order valence-corrected chi connectivity index (χ2v) is 7.41. The molecule has 1 aliphatic rings. The topological polar surface area (TPSA) is 61.0 Å². The molecule has 7 heteroatoms. The summed E-state index contributed by atoms with van der Waals surface area (Å²) in [6, 6.07) is 13.2. The number of rotatable bonds is 4. The number of hydrogen-bond donors (Lipinski definition) is 2. The van der Waals surface area contributed by atoms with Gasteiger partial charge in [0.05, 0.1) is 10.6 Å². The lowest BCUT2D eigenvalue weighted by molar-refractivity contribution is 0.0940. The number of carbonyl (C=O) groups is 1. The van der Waals surface area contributed by atoms with E-state index in [0.29, 0.717) is 10.6 Å². The van der Waals surface area contributed by atoms with E-state index in [0.717, 1.165) is 31.0 Å². The van der Waals surface area contributed by atoms with E-state index in [1.54, 1.807) is 35.6 Å². The van der Waals surface area contributed by atoms with Crippen molar-refractivity contribution in [2.45, 2.75) is 12.5 Å². The van der Waals surface area contributed by atoms with E-state index >= 15 is 0 Å². The van der Waals surface area contributed by atoms with Crippen molar-refractivity contribution in [3.8, 4) is 10.6 Å². The van der Waals surface area contributed by atoms with Gasteiger partial charge in [-0.15, -0.1) is 11.3 Å². The van der Waals surface area contributed by atoms with Crippen molar-refractivity contribution in [1.29, 1.82) is 0 Å². The van der Waals surface area contributed by atoms with E-state index in [1.165, 1.54) is 4.88 Å². The molecule has 0 saturated carbocycles. The fourth-order valence-corrected chi connectivity index (χ4v) is 3.81. The number of aromatic amines is 1. The van der Waals surface area contributed by atoms with Crippen molar-refractivity contribution in [3.63, 3.8) is 0 Å². The van der Waals surface area contributed by atoms with Crippen molar-refractivity contribution in [3.05, 3.63) is 58.4 Å². The molecular weight excluding hydrogens is 356 g/mol. The predicted molar refractivity (Wildman–Crippen MR) is 101 cm³/mol. The van der Waals surface area contributed by atoms with E-state index in [2.05, 4.69) is 32.5 Å². The number of nitrogens with one attached hydrogen (secondary N) is 2. The summed E-state index contributed by atoms with van der Waals surface area (Å²) in [6.45, 7) is 1.63. The molecule has 2 N–H and O–H groups in total. The van der Waals surface area contributed by atoms with Gasteiger partial charge in [-0.2, -0.15) is 5.10 Å². The number of anilines is 1. The third-order valence-corrected chi connectivity index (χ3v) is 5.46. The molecule has 1 saturated heterocycles. The van der Waals surface area contributed by atoms with E-state index in [-0.39, 0.29) is 11.9 Å². The summed E-state index contributed by atoms with van der Waals surface area (Å²) in [6.07, 6.45) is 0.903. The first kappa shape index (κ1) is 16.2. The van der Waals surface area contributed by atoms with Crippen LogP contribution in [0.25, 0.3) is 10.6 Å². The molecule has 0 unspecified atom stereocenters. The largest absolute Gasteiger partial charge is 0.353 e. The first-order valence-corrected chi connectivity index (χ1v) is 9.35. The van der Waals surface area contributed by atoms with Gasteiger partial charge < -0.3 is 10.2 Å². The molecule has 1 aromatic carbocycles. The van der Waals surface area contributed by atoms with Gasteiger partial charge in [0.25, 0.3) is 5.91 Å². The van der Waals surface area contributed by atoms with Crippen molar-refractivity contribution in [2.75, 3.05) is 18.0 Å². The highest BCUT2D eigenvalue weighted by Gasteiger charge is 2.26. The van der Waals surface area contributed by atoms with E-state index in [4.69, 9.17) is 11.6 Å². The monoisotopic (exact) mass is 372 g/mol. The van der Waals surface area contributed by atoms with Gasteiger partial charge in [-0.1, -0.05) is 17.7 Å². The minimum absolute atomic E-state index is 0.0650. The van der Waals surface area contributed by atoms with Crippen LogP contribution in [0.1, 0.15) is 16.8 Å². The van der Waals surface area contributed by atoms with Gasteiger partial charge in [-0.3, -0.25) is 9.89 Å². The summed E-state index contributed by atoms with van der Waals surface area (Å²) in [7, 11) is 0. The van der Waals surface area contributed by atoms with Crippen LogP contribution in [-0.4, -0.2) is 35.2 Å². The second-order valence-electron chi connectivity index (χ2n) is 6.03. The van der Waals surface area contributed by atoms with Crippen LogP contribution in [0.4, 0.5) is 5.82 Å². The molecule has 1 aliphatic heterocycles. The van der Waals surface area contributed by atoms with Crippen molar-refractivity contribution < 1.29 is 4.79 Å². The highest BCUT2D eigenvalue weighted by atomic mass is 35.5. The number of hydrogen-bond acceptors (Lipinski definition) is 4. The van der Waals surface area contributed by atoms with E-state index in [9.17, 15) is 4.79 Å². The Bertz CT molecular complexity index is 860. The van der Waals surface area contributed by atoms with Crippen molar-refractivity contribution in [1.82, 2.24) is 15.5 Å². The van der Waals surface area contributed by atoms with Gasteiger partial charge in [0.1, 0.15) is 0 Å². The minimum Gasteiger partial charge on any atom is -0.353 e. The first-order chi connectivity index (χ1) is 12.2. The lowest BCUT2D eigenvalue weighted by atomic mass is 10.2. The van der Waals surface area contributed by atoms with Crippen LogP contribution in [0.2, 0.25) is 5.02 Å². The summed E-state index contributed by atoms with van der Waals surface area (Å²) < 4.78 is 0. The number of thiophene rings is 1. The van der Waals surface area contributed by atoms with Crippen molar-refractivity contribution >= 4 is 34.7 Å². The summed E-state index contributed by atoms with van der Waals surface area (Å²) >= 11 is 7.55. The molecule has 25 heavy (non-hydrogen) atoms. The zero-order valence-corrected chi connectivity index (χ0v) is 15.0. The smallest absolute Gasteiger partial charge is 0.251 e. The van der Waals surface area contributed by atoms with Crippen LogP contribution < -0.4 is 10.2 Å². The molecule has 3 aromatic rings. The van der Waals surface area contributed by atoms with Gasteiger partial charge in [-0.05, 0) is 42.1 Å². The second kappa shape index (κ2) is 6.90.